The van der Waals surface area contributed by atoms with E-state index in [4.69, 9.17) is 4.52 Å². The molecule has 2 heterocycles. The second-order valence-electron chi connectivity index (χ2n) is 4.44. The number of benzene rings is 1. The smallest absolute Gasteiger partial charge is 0.245 e. The van der Waals surface area contributed by atoms with E-state index >= 15 is 0 Å². The van der Waals surface area contributed by atoms with Crippen molar-refractivity contribution in [3.8, 4) is 0 Å². The number of fused-ring (bicyclic) bond motifs is 1. The summed E-state index contributed by atoms with van der Waals surface area (Å²) < 4.78 is 5.06. The molecule has 0 aliphatic heterocycles. The third-order valence-electron chi connectivity index (χ3n) is 2.89. The maximum absolute atomic E-state index is 5.06. The average Bonchev–Trinajstić information content (AvgIpc) is 2.82. The molecule has 0 atom stereocenters. The number of rotatable bonds is 3. The molecular formula is C14H14N4O. The Morgan fingerprint density at radius 1 is 1.16 bits per heavy atom. The van der Waals surface area contributed by atoms with Gasteiger partial charge in [-0.15, -0.1) is 0 Å². The standard InChI is InChI=1S/C14H14N4O/c1-9-7-11-5-3-4-6-12(11)17-14(9)15-8-13-16-10(2)18-19-13/h3-7H,8H2,1-2H3,(H,15,17). The van der Waals surface area contributed by atoms with E-state index in [-0.39, 0.29) is 0 Å². The Kier molecular flexibility index (Phi) is 2.87. The summed E-state index contributed by atoms with van der Waals surface area (Å²) in [5.41, 5.74) is 2.06. The minimum Gasteiger partial charge on any atom is -0.361 e. The van der Waals surface area contributed by atoms with Crippen LogP contribution in [0.1, 0.15) is 17.3 Å². The lowest BCUT2D eigenvalue weighted by atomic mass is 10.1. The fourth-order valence-electron chi connectivity index (χ4n) is 1.97. The zero-order chi connectivity index (χ0) is 13.2. The van der Waals surface area contributed by atoms with Crippen molar-refractivity contribution in [1.82, 2.24) is 15.1 Å². The van der Waals surface area contributed by atoms with Gasteiger partial charge in [-0.1, -0.05) is 23.4 Å². The predicted molar refractivity (Wildman–Crippen MR) is 72.8 cm³/mol. The fraction of sp³-hybridized carbons (Fsp3) is 0.214. The fourth-order valence-corrected chi connectivity index (χ4v) is 1.97. The third kappa shape index (κ3) is 2.40. The molecule has 1 N–H and O–H groups in total. The molecule has 1 aromatic carbocycles. The van der Waals surface area contributed by atoms with E-state index in [9.17, 15) is 0 Å². The van der Waals surface area contributed by atoms with Crippen LogP contribution >= 0.6 is 0 Å². The molecule has 0 aliphatic rings. The molecule has 0 unspecified atom stereocenters. The second-order valence-corrected chi connectivity index (χ2v) is 4.44. The molecule has 0 amide bonds. The Hall–Kier alpha value is -2.43. The molecule has 0 aliphatic carbocycles. The van der Waals surface area contributed by atoms with Gasteiger partial charge in [-0.2, -0.15) is 4.98 Å². The van der Waals surface area contributed by atoms with Gasteiger partial charge in [0.25, 0.3) is 0 Å². The first kappa shape index (κ1) is 11.6. The second kappa shape index (κ2) is 4.68. The maximum atomic E-state index is 5.06. The van der Waals surface area contributed by atoms with Crippen molar-refractivity contribution in [2.75, 3.05) is 5.32 Å². The topological polar surface area (TPSA) is 63.8 Å². The Bertz CT molecular complexity index is 720. The monoisotopic (exact) mass is 254 g/mol. The number of nitrogens with one attached hydrogen (secondary N) is 1. The minimum absolute atomic E-state index is 0.479. The third-order valence-corrected chi connectivity index (χ3v) is 2.89. The number of aryl methyl sites for hydroxylation is 2. The van der Waals surface area contributed by atoms with Gasteiger partial charge in [0.1, 0.15) is 5.82 Å². The summed E-state index contributed by atoms with van der Waals surface area (Å²) in [6.45, 7) is 4.31. The molecule has 0 saturated carbocycles. The van der Waals surface area contributed by atoms with E-state index in [1.54, 1.807) is 6.92 Å². The van der Waals surface area contributed by atoms with Gasteiger partial charge in [0.2, 0.25) is 5.89 Å². The van der Waals surface area contributed by atoms with Crippen molar-refractivity contribution in [2.24, 2.45) is 0 Å². The first-order valence-electron chi connectivity index (χ1n) is 6.12. The van der Waals surface area contributed by atoms with Crippen LogP contribution in [0, 0.1) is 13.8 Å². The summed E-state index contributed by atoms with van der Waals surface area (Å²) in [5, 5.41) is 8.12. The van der Waals surface area contributed by atoms with E-state index < -0.39 is 0 Å². The van der Waals surface area contributed by atoms with Crippen LogP contribution in [0.3, 0.4) is 0 Å². The Morgan fingerprint density at radius 3 is 2.79 bits per heavy atom. The largest absolute Gasteiger partial charge is 0.361 e. The van der Waals surface area contributed by atoms with Crippen molar-refractivity contribution < 1.29 is 4.52 Å². The summed E-state index contributed by atoms with van der Waals surface area (Å²) in [6, 6.07) is 10.2. The highest BCUT2D eigenvalue weighted by Gasteiger charge is 2.06. The summed E-state index contributed by atoms with van der Waals surface area (Å²) in [7, 11) is 0. The zero-order valence-corrected chi connectivity index (χ0v) is 10.8. The van der Waals surface area contributed by atoms with Crippen LogP contribution in [0.5, 0.6) is 0 Å². The van der Waals surface area contributed by atoms with Crippen molar-refractivity contribution in [1.29, 1.82) is 0 Å². The number of nitrogens with zero attached hydrogens (tertiary/aromatic N) is 3. The SMILES string of the molecule is Cc1noc(CNc2nc3ccccc3cc2C)n1. The molecule has 0 spiro atoms. The minimum atomic E-state index is 0.479. The number of para-hydroxylation sites is 1. The van der Waals surface area contributed by atoms with Crippen molar-refractivity contribution in [2.45, 2.75) is 20.4 Å². The lowest BCUT2D eigenvalue weighted by Gasteiger charge is -2.08. The highest BCUT2D eigenvalue weighted by atomic mass is 16.5. The van der Waals surface area contributed by atoms with E-state index in [1.165, 1.54) is 0 Å². The summed E-state index contributed by atoms with van der Waals surface area (Å²) in [4.78, 5) is 8.75. The van der Waals surface area contributed by atoms with Crippen LogP contribution in [0.25, 0.3) is 10.9 Å². The molecule has 0 radical (unpaired) electrons. The zero-order valence-electron chi connectivity index (χ0n) is 10.8. The first-order valence-corrected chi connectivity index (χ1v) is 6.12. The van der Waals surface area contributed by atoms with Crippen molar-refractivity contribution in [3.63, 3.8) is 0 Å². The van der Waals surface area contributed by atoms with E-state index in [1.807, 2.05) is 25.1 Å². The van der Waals surface area contributed by atoms with E-state index in [2.05, 4.69) is 32.6 Å². The molecule has 0 bridgehead atoms. The van der Waals surface area contributed by atoms with Crippen LogP contribution < -0.4 is 5.32 Å². The summed E-state index contributed by atoms with van der Waals surface area (Å²) in [5.74, 6) is 2.04. The van der Waals surface area contributed by atoms with Gasteiger partial charge in [-0.3, -0.25) is 0 Å². The number of hydrogen-bond donors (Lipinski definition) is 1. The highest BCUT2D eigenvalue weighted by Crippen LogP contribution is 2.19. The van der Waals surface area contributed by atoms with E-state index in [0.29, 0.717) is 18.3 Å². The normalized spacial score (nSPS) is 10.8. The van der Waals surface area contributed by atoms with Crippen LogP contribution in [0.2, 0.25) is 0 Å². The lowest BCUT2D eigenvalue weighted by molar-refractivity contribution is 0.379. The van der Waals surface area contributed by atoms with Gasteiger partial charge >= 0.3 is 0 Å². The maximum Gasteiger partial charge on any atom is 0.245 e. The van der Waals surface area contributed by atoms with Crippen LogP contribution in [0.4, 0.5) is 5.82 Å². The average molecular weight is 254 g/mol. The van der Waals surface area contributed by atoms with Crippen LogP contribution in [-0.2, 0) is 6.54 Å². The van der Waals surface area contributed by atoms with Gasteiger partial charge in [-0.25, -0.2) is 4.98 Å². The quantitative estimate of drug-likeness (QED) is 0.778. The molecule has 5 nitrogen and oxygen atoms in total. The summed E-state index contributed by atoms with van der Waals surface area (Å²) >= 11 is 0. The van der Waals surface area contributed by atoms with Gasteiger partial charge in [0, 0.05) is 5.39 Å². The number of pyridine rings is 1. The number of aromatic nitrogens is 3. The van der Waals surface area contributed by atoms with Gasteiger partial charge in [0.15, 0.2) is 5.82 Å². The molecule has 2 aromatic heterocycles. The number of anilines is 1. The predicted octanol–water partition coefficient (Wildman–Crippen LogP) is 2.85. The van der Waals surface area contributed by atoms with Gasteiger partial charge in [0.05, 0.1) is 12.1 Å². The van der Waals surface area contributed by atoms with Gasteiger partial charge < -0.3 is 9.84 Å². The first-order chi connectivity index (χ1) is 9.22. The Balaban J connectivity index is 1.86. The molecular weight excluding hydrogens is 240 g/mol. The molecule has 19 heavy (non-hydrogen) atoms. The van der Waals surface area contributed by atoms with Crippen LogP contribution in [0.15, 0.2) is 34.9 Å². The molecule has 0 saturated heterocycles. The molecule has 5 heteroatoms. The van der Waals surface area contributed by atoms with Crippen molar-refractivity contribution >= 4 is 16.7 Å². The highest BCUT2D eigenvalue weighted by molar-refractivity contribution is 5.81. The molecule has 3 aromatic rings. The van der Waals surface area contributed by atoms with E-state index in [0.717, 1.165) is 22.3 Å². The number of hydrogen-bond acceptors (Lipinski definition) is 5. The molecule has 0 fully saturated rings. The lowest BCUT2D eigenvalue weighted by Crippen LogP contribution is -2.03. The van der Waals surface area contributed by atoms with Gasteiger partial charge in [-0.05, 0) is 31.5 Å². The Labute approximate surface area is 110 Å². The van der Waals surface area contributed by atoms with Crippen molar-refractivity contribution in [3.05, 3.63) is 47.6 Å². The summed E-state index contributed by atoms with van der Waals surface area (Å²) in [6.07, 6.45) is 0. The van der Waals surface area contributed by atoms with Crippen LogP contribution in [-0.4, -0.2) is 15.1 Å². The molecule has 3 rings (SSSR count). The Morgan fingerprint density at radius 2 is 2.00 bits per heavy atom. The molecule has 96 valence electrons.